The molecule has 1 fully saturated rings. The van der Waals surface area contributed by atoms with Gasteiger partial charge in [-0.3, -0.25) is 4.90 Å². The van der Waals surface area contributed by atoms with Gasteiger partial charge < -0.3 is 10.2 Å². The van der Waals surface area contributed by atoms with Crippen molar-refractivity contribution in [3.05, 3.63) is 30.1 Å². The maximum Gasteiger partial charge on any atom is 0.146 e. The summed E-state index contributed by atoms with van der Waals surface area (Å²) in [6.45, 7) is 9.29. The van der Waals surface area contributed by atoms with E-state index in [1.165, 1.54) is 12.5 Å². The van der Waals surface area contributed by atoms with Crippen LogP contribution in [0.25, 0.3) is 0 Å². The van der Waals surface area contributed by atoms with Crippen LogP contribution in [-0.4, -0.2) is 50.7 Å². The maximum absolute atomic E-state index is 13.7. The Kier molecular flexibility index (Phi) is 5.61. The van der Waals surface area contributed by atoms with Crippen LogP contribution >= 0.6 is 0 Å². The van der Waals surface area contributed by atoms with Crippen molar-refractivity contribution in [3.63, 3.8) is 0 Å². The Morgan fingerprint density at radius 3 is 2.58 bits per heavy atom. The third-order valence-corrected chi connectivity index (χ3v) is 3.64. The Labute approximate surface area is 115 Å². The molecule has 1 aliphatic rings. The normalized spacial score (nSPS) is 16.8. The minimum Gasteiger partial charge on any atom is -0.367 e. The van der Waals surface area contributed by atoms with Crippen LogP contribution in [0.5, 0.6) is 0 Å². The van der Waals surface area contributed by atoms with Crippen LogP contribution in [-0.2, 0) is 0 Å². The van der Waals surface area contributed by atoms with E-state index in [1.54, 1.807) is 6.07 Å². The second-order valence-corrected chi connectivity index (χ2v) is 4.99. The number of hydrogen-bond acceptors (Lipinski definition) is 3. The van der Waals surface area contributed by atoms with E-state index in [4.69, 9.17) is 0 Å². The van der Waals surface area contributed by atoms with Gasteiger partial charge in [0.1, 0.15) is 5.82 Å². The number of halogens is 1. The average Bonchev–Trinajstić information content (AvgIpc) is 2.45. The highest BCUT2D eigenvalue weighted by atomic mass is 19.1. The molecule has 0 aliphatic carbocycles. The summed E-state index contributed by atoms with van der Waals surface area (Å²) in [5, 5.41) is 3.34. The maximum atomic E-state index is 13.7. The van der Waals surface area contributed by atoms with E-state index in [1.807, 2.05) is 12.1 Å². The van der Waals surface area contributed by atoms with Crippen LogP contribution in [0.15, 0.2) is 24.3 Å². The highest BCUT2D eigenvalue weighted by Gasteiger charge is 2.18. The van der Waals surface area contributed by atoms with Crippen molar-refractivity contribution in [2.45, 2.75) is 13.3 Å². The number of nitrogens with zero attached hydrogens (tertiary/aromatic N) is 2. The van der Waals surface area contributed by atoms with Gasteiger partial charge in [0.2, 0.25) is 0 Å². The SMILES string of the molecule is CCNCCCN1CCN(c2ccccc2F)CC1. The monoisotopic (exact) mass is 265 g/mol. The molecule has 1 N–H and O–H groups in total. The minimum absolute atomic E-state index is 0.108. The molecule has 2 rings (SSSR count). The topological polar surface area (TPSA) is 18.5 Å². The molecule has 0 bridgehead atoms. The van der Waals surface area contributed by atoms with Gasteiger partial charge in [-0.25, -0.2) is 4.39 Å². The third kappa shape index (κ3) is 4.18. The molecular weight excluding hydrogens is 241 g/mol. The van der Waals surface area contributed by atoms with Gasteiger partial charge in [-0.2, -0.15) is 0 Å². The summed E-state index contributed by atoms with van der Waals surface area (Å²) in [6.07, 6.45) is 1.19. The summed E-state index contributed by atoms with van der Waals surface area (Å²) in [5.41, 5.74) is 0.745. The first kappa shape index (κ1) is 14.3. The molecule has 1 aliphatic heterocycles. The zero-order valence-electron chi connectivity index (χ0n) is 11.7. The van der Waals surface area contributed by atoms with E-state index in [-0.39, 0.29) is 5.82 Å². The molecule has 0 aromatic heterocycles. The average molecular weight is 265 g/mol. The van der Waals surface area contributed by atoms with Crippen molar-refractivity contribution < 1.29 is 4.39 Å². The molecule has 106 valence electrons. The summed E-state index contributed by atoms with van der Waals surface area (Å²) in [6, 6.07) is 7.06. The first-order valence-electron chi connectivity index (χ1n) is 7.24. The van der Waals surface area contributed by atoms with Gasteiger partial charge in [0, 0.05) is 26.2 Å². The first-order valence-corrected chi connectivity index (χ1v) is 7.24. The highest BCUT2D eigenvalue weighted by molar-refractivity contribution is 5.47. The van der Waals surface area contributed by atoms with E-state index < -0.39 is 0 Å². The first-order chi connectivity index (χ1) is 9.31. The molecule has 0 amide bonds. The number of benzene rings is 1. The molecule has 1 aromatic carbocycles. The standard InChI is InChI=1S/C15H24FN3/c1-2-17-8-5-9-18-10-12-19(13-11-18)15-7-4-3-6-14(15)16/h3-4,6-7,17H,2,5,8-13H2,1H3. The Morgan fingerprint density at radius 2 is 1.89 bits per heavy atom. The molecule has 0 saturated carbocycles. The largest absolute Gasteiger partial charge is 0.367 e. The predicted octanol–water partition coefficient (Wildman–Crippen LogP) is 1.95. The molecule has 4 heteroatoms. The van der Waals surface area contributed by atoms with Gasteiger partial charge in [-0.1, -0.05) is 19.1 Å². The van der Waals surface area contributed by atoms with Gasteiger partial charge >= 0.3 is 0 Å². The molecule has 0 spiro atoms. The van der Waals surface area contributed by atoms with Crippen molar-refractivity contribution in [2.75, 3.05) is 50.7 Å². The van der Waals surface area contributed by atoms with Crippen molar-refractivity contribution in [3.8, 4) is 0 Å². The molecule has 0 radical (unpaired) electrons. The summed E-state index contributed by atoms with van der Waals surface area (Å²) in [5.74, 6) is -0.108. The Hall–Kier alpha value is -1.13. The molecule has 19 heavy (non-hydrogen) atoms. The lowest BCUT2D eigenvalue weighted by molar-refractivity contribution is 0.253. The lowest BCUT2D eigenvalue weighted by Crippen LogP contribution is -2.47. The molecular formula is C15H24FN3. The lowest BCUT2D eigenvalue weighted by Gasteiger charge is -2.36. The Balaban J connectivity index is 1.75. The van der Waals surface area contributed by atoms with Crippen LogP contribution in [0.4, 0.5) is 10.1 Å². The van der Waals surface area contributed by atoms with Crippen LogP contribution in [0.3, 0.4) is 0 Å². The van der Waals surface area contributed by atoms with Crippen LogP contribution in [0.2, 0.25) is 0 Å². The van der Waals surface area contributed by atoms with Crippen LogP contribution in [0.1, 0.15) is 13.3 Å². The summed E-state index contributed by atoms with van der Waals surface area (Å²) >= 11 is 0. The summed E-state index contributed by atoms with van der Waals surface area (Å²) in [4.78, 5) is 4.62. The fourth-order valence-electron chi connectivity index (χ4n) is 2.53. The fraction of sp³-hybridized carbons (Fsp3) is 0.600. The number of para-hydroxylation sites is 1. The van der Waals surface area contributed by atoms with Gasteiger partial charge in [0.25, 0.3) is 0 Å². The predicted molar refractivity (Wildman–Crippen MR) is 78.2 cm³/mol. The highest BCUT2D eigenvalue weighted by Crippen LogP contribution is 2.19. The minimum atomic E-state index is -0.108. The molecule has 0 atom stereocenters. The zero-order chi connectivity index (χ0) is 13.5. The quantitative estimate of drug-likeness (QED) is 0.793. The number of hydrogen-bond donors (Lipinski definition) is 1. The second kappa shape index (κ2) is 7.46. The van der Waals surface area contributed by atoms with Gasteiger partial charge in [-0.05, 0) is 38.2 Å². The van der Waals surface area contributed by atoms with Crippen LogP contribution < -0.4 is 10.2 Å². The van der Waals surface area contributed by atoms with Crippen LogP contribution in [0, 0.1) is 5.82 Å². The fourth-order valence-corrected chi connectivity index (χ4v) is 2.53. The Morgan fingerprint density at radius 1 is 1.16 bits per heavy atom. The van der Waals surface area contributed by atoms with Gasteiger partial charge in [0.15, 0.2) is 0 Å². The van der Waals surface area contributed by atoms with E-state index in [0.717, 1.165) is 51.5 Å². The zero-order valence-corrected chi connectivity index (χ0v) is 11.7. The number of rotatable bonds is 6. The number of nitrogens with one attached hydrogen (secondary N) is 1. The Bertz CT molecular complexity index is 375. The van der Waals surface area contributed by atoms with Gasteiger partial charge in [-0.15, -0.1) is 0 Å². The van der Waals surface area contributed by atoms with E-state index >= 15 is 0 Å². The molecule has 0 unspecified atom stereocenters. The second-order valence-electron chi connectivity index (χ2n) is 4.99. The molecule has 1 aromatic rings. The van der Waals surface area contributed by atoms with Crippen molar-refractivity contribution in [1.29, 1.82) is 0 Å². The molecule has 1 heterocycles. The van der Waals surface area contributed by atoms with Gasteiger partial charge in [0.05, 0.1) is 5.69 Å². The van der Waals surface area contributed by atoms with Crippen molar-refractivity contribution >= 4 is 5.69 Å². The summed E-state index contributed by atoms with van der Waals surface area (Å²) in [7, 11) is 0. The summed E-state index contributed by atoms with van der Waals surface area (Å²) < 4.78 is 13.7. The number of piperazine rings is 1. The van der Waals surface area contributed by atoms with E-state index in [9.17, 15) is 4.39 Å². The number of anilines is 1. The van der Waals surface area contributed by atoms with E-state index in [2.05, 4.69) is 22.0 Å². The van der Waals surface area contributed by atoms with E-state index in [0.29, 0.717) is 0 Å². The lowest BCUT2D eigenvalue weighted by atomic mass is 10.2. The third-order valence-electron chi connectivity index (χ3n) is 3.64. The van der Waals surface area contributed by atoms with Crippen molar-refractivity contribution in [2.24, 2.45) is 0 Å². The molecule has 3 nitrogen and oxygen atoms in total. The smallest absolute Gasteiger partial charge is 0.146 e. The molecule has 1 saturated heterocycles. The van der Waals surface area contributed by atoms with Crippen molar-refractivity contribution in [1.82, 2.24) is 10.2 Å².